The van der Waals surface area contributed by atoms with Gasteiger partial charge >= 0.3 is 5.97 Å². The fraction of sp³-hybridized carbons (Fsp3) is 0.957. The maximum absolute atomic E-state index is 14.5. The minimum absolute atomic E-state index is 0.0565. The molecule has 356 valence electrons. The molecule has 0 amide bonds. The third-order valence-corrected chi connectivity index (χ3v) is 14.3. The number of carbonyl (C=O) groups excluding carboxylic acids is 1. The molecule has 4 rings (SSSR count). The molecule has 15 nitrogen and oxygen atoms in total. The lowest BCUT2D eigenvalue weighted by molar-refractivity contribution is -0.317. The Morgan fingerprint density at radius 1 is 0.885 bits per heavy atom. The molecule has 1 saturated carbocycles. The minimum Gasteiger partial charge on any atom is -0.459 e. The van der Waals surface area contributed by atoms with E-state index in [1.807, 2.05) is 60.5 Å². The Kier molecular flexibility index (Phi) is 17.9. The predicted octanol–water partition coefficient (Wildman–Crippen LogP) is 4.74. The van der Waals surface area contributed by atoms with E-state index in [1.165, 1.54) is 14.0 Å². The molecule has 61 heavy (non-hydrogen) atoms. The van der Waals surface area contributed by atoms with Crippen LogP contribution in [-0.4, -0.2) is 159 Å². The molecular formula is C46H84N2O13. The number of cyclic esters (lactones) is 1. The zero-order valence-electron chi connectivity index (χ0n) is 40.0. The summed E-state index contributed by atoms with van der Waals surface area (Å²) in [6.07, 6.45) is -4.97. The number of hydrogen-bond donors (Lipinski definition) is 5. The second-order valence-electron chi connectivity index (χ2n) is 20.3. The Balaban J connectivity index is 1.94. The van der Waals surface area contributed by atoms with Gasteiger partial charge in [0.1, 0.15) is 23.9 Å². The van der Waals surface area contributed by atoms with Crippen LogP contribution in [0.25, 0.3) is 0 Å². The molecule has 1 aliphatic carbocycles. The standard InChI is InChI=1S/C46H84N2O13/c1-16-33-45(12,54)38(50)28(6)35(47-46(61-25(2)3)20-18-17-19-21-46)26(4)23-43(10,53)40(60-42-36(49)32(48(13)14)22-27(5)56-42)29(7)37(30(8)41(52)58-33)59-34-24-44(11,55-15)39(51)31(9)57-34/h25-34,36-40,42,49-51,53-54H,16-24H2,1-15H3/b47-35+/t26-,27-,28+,29+,30-,31+,32+,33?,34+,36-,37?,38-,39+,40-,42+,43-,44-,45-/m1/s1. The first-order valence-corrected chi connectivity index (χ1v) is 23.0. The van der Waals surface area contributed by atoms with E-state index in [9.17, 15) is 30.3 Å². The predicted molar refractivity (Wildman–Crippen MR) is 231 cm³/mol. The zero-order chi connectivity index (χ0) is 46.0. The summed E-state index contributed by atoms with van der Waals surface area (Å²) in [4.78, 5) is 21.9. The molecule has 4 fully saturated rings. The van der Waals surface area contributed by atoms with Gasteiger partial charge in [0.05, 0.1) is 53.7 Å². The van der Waals surface area contributed by atoms with Crippen molar-refractivity contribution in [3.05, 3.63) is 0 Å². The molecule has 15 heteroatoms. The Morgan fingerprint density at radius 3 is 2.07 bits per heavy atom. The lowest BCUT2D eigenvalue weighted by Crippen LogP contribution is -2.61. The summed E-state index contributed by atoms with van der Waals surface area (Å²) in [5.41, 5.74) is -5.01. The largest absolute Gasteiger partial charge is 0.459 e. The van der Waals surface area contributed by atoms with E-state index >= 15 is 0 Å². The lowest BCUT2D eigenvalue weighted by Gasteiger charge is -2.49. The maximum atomic E-state index is 14.5. The van der Waals surface area contributed by atoms with Gasteiger partial charge in [0.2, 0.25) is 0 Å². The summed E-state index contributed by atoms with van der Waals surface area (Å²) >= 11 is 0. The van der Waals surface area contributed by atoms with Crippen LogP contribution in [0, 0.1) is 23.7 Å². The van der Waals surface area contributed by atoms with E-state index in [0.29, 0.717) is 25.0 Å². The molecular weight excluding hydrogens is 789 g/mol. The van der Waals surface area contributed by atoms with Gasteiger partial charge in [0.25, 0.3) is 0 Å². The van der Waals surface area contributed by atoms with Crippen molar-refractivity contribution >= 4 is 11.7 Å². The molecule has 0 bridgehead atoms. The van der Waals surface area contributed by atoms with Gasteiger partial charge in [-0.3, -0.25) is 9.79 Å². The average Bonchev–Trinajstić information content (AvgIpc) is 3.18. The summed E-state index contributed by atoms with van der Waals surface area (Å²) in [5.74, 6) is -3.84. The van der Waals surface area contributed by atoms with Gasteiger partial charge in [-0.05, 0) is 120 Å². The van der Waals surface area contributed by atoms with Crippen LogP contribution in [0.1, 0.15) is 141 Å². The molecule has 4 aliphatic rings. The fourth-order valence-corrected chi connectivity index (χ4v) is 10.7. The first-order chi connectivity index (χ1) is 28.2. The van der Waals surface area contributed by atoms with Gasteiger partial charge in [-0.1, -0.05) is 34.1 Å². The molecule has 0 aromatic rings. The number of aliphatic hydroxyl groups excluding tert-OH is 3. The van der Waals surface area contributed by atoms with E-state index in [0.717, 1.165) is 19.3 Å². The zero-order valence-corrected chi connectivity index (χ0v) is 40.0. The van der Waals surface area contributed by atoms with Gasteiger partial charge in [-0.25, -0.2) is 0 Å². The van der Waals surface area contributed by atoms with E-state index in [4.69, 9.17) is 38.2 Å². The average molecular weight is 873 g/mol. The number of aliphatic imine (C=N–C) groups is 1. The summed E-state index contributed by atoms with van der Waals surface area (Å²) < 4.78 is 44.8. The van der Waals surface area contributed by atoms with Crippen LogP contribution in [0.2, 0.25) is 0 Å². The number of nitrogens with zero attached hydrogens (tertiary/aromatic N) is 2. The SMILES string of the molecule is CCC1OC(=O)[C@H](C)C(O[C@H]2C[C@@](C)(OC)[C@@H](O)[C@H](C)O2)[C@H](C)[C@@H](O[C@@H]2O[C@H](C)C[C@H](N(C)C)[C@H]2O)[C@](C)(O)C[C@@H](C)/C(=N\C2(OC(C)C)CCCCC2)[C@H](C)[C@@H](O)[C@]1(C)O. The number of aliphatic hydroxyl groups is 5. The summed E-state index contributed by atoms with van der Waals surface area (Å²) in [5, 5.41) is 60.3. The van der Waals surface area contributed by atoms with Crippen LogP contribution >= 0.6 is 0 Å². The van der Waals surface area contributed by atoms with Crippen molar-refractivity contribution in [1.82, 2.24) is 4.90 Å². The second-order valence-corrected chi connectivity index (χ2v) is 20.3. The Labute approximate surface area is 366 Å². The van der Waals surface area contributed by atoms with Crippen LogP contribution in [0.5, 0.6) is 0 Å². The molecule has 0 radical (unpaired) electrons. The van der Waals surface area contributed by atoms with Crippen LogP contribution in [0.4, 0.5) is 0 Å². The molecule has 0 spiro atoms. The second kappa shape index (κ2) is 20.9. The van der Waals surface area contributed by atoms with Crippen LogP contribution in [0.15, 0.2) is 4.99 Å². The quantitative estimate of drug-likeness (QED) is 0.189. The Bertz CT molecular complexity index is 1440. The number of hydrogen-bond acceptors (Lipinski definition) is 15. The summed E-state index contributed by atoms with van der Waals surface area (Å²) in [6.45, 7) is 21.5. The Hall–Kier alpha value is -1.34. The molecule has 0 aromatic carbocycles. The van der Waals surface area contributed by atoms with Crippen molar-refractivity contribution in [1.29, 1.82) is 0 Å². The number of rotatable bonds is 10. The Morgan fingerprint density at radius 2 is 1.51 bits per heavy atom. The highest BCUT2D eigenvalue weighted by molar-refractivity contribution is 5.89. The summed E-state index contributed by atoms with van der Waals surface area (Å²) in [7, 11) is 5.28. The molecule has 0 aromatic heterocycles. The number of likely N-dealkylation sites (N-methyl/N-ethyl adjacent to an activating group) is 1. The fourth-order valence-electron chi connectivity index (χ4n) is 10.7. The van der Waals surface area contributed by atoms with Crippen molar-refractivity contribution in [3.63, 3.8) is 0 Å². The topological polar surface area (TPSA) is 198 Å². The monoisotopic (exact) mass is 873 g/mol. The smallest absolute Gasteiger partial charge is 0.311 e. The van der Waals surface area contributed by atoms with Gasteiger partial charge in [0.15, 0.2) is 18.3 Å². The third-order valence-electron chi connectivity index (χ3n) is 14.3. The summed E-state index contributed by atoms with van der Waals surface area (Å²) in [6, 6.07) is -0.310. The number of ether oxygens (including phenoxy) is 7. The number of methoxy groups -OCH3 is 1. The van der Waals surface area contributed by atoms with E-state index in [-0.39, 0.29) is 37.5 Å². The molecule has 5 N–H and O–H groups in total. The highest BCUT2D eigenvalue weighted by Crippen LogP contribution is 2.42. The first kappa shape index (κ1) is 52.3. The van der Waals surface area contributed by atoms with Crippen molar-refractivity contribution in [3.8, 4) is 0 Å². The van der Waals surface area contributed by atoms with Crippen LogP contribution < -0.4 is 0 Å². The van der Waals surface area contributed by atoms with E-state index in [2.05, 4.69) is 0 Å². The van der Waals surface area contributed by atoms with E-state index < -0.39 is 107 Å². The molecule has 3 aliphatic heterocycles. The van der Waals surface area contributed by atoms with Crippen molar-refractivity contribution in [2.24, 2.45) is 28.7 Å². The first-order valence-electron chi connectivity index (χ1n) is 23.0. The van der Waals surface area contributed by atoms with Crippen LogP contribution in [-0.2, 0) is 38.0 Å². The normalized spacial score (nSPS) is 46.7. The highest BCUT2D eigenvalue weighted by Gasteiger charge is 2.54. The number of esters is 1. The van der Waals surface area contributed by atoms with Crippen molar-refractivity contribution in [2.75, 3.05) is 21.2 Å². The molecule has 3 heterocycles. The highest BCUT2D eigenvalue weighted by atomic mass is 16.7. The molecule has 18 atom stereocenters. The minimum atomic E-state index is -1.92. The van der Waals surface area contributed by atoms with Crippen molar-refractivity contribution in [2.45, 2.75) is 237 Å². The maximum Gasteiger partial charge on any atom is 0.311 e. The van der Waals surface area contributed by atoms with Gasteiger partial charge < -0.3 is 63.6 Å². The van der Waals surface area contributed by atoms with Crippen molar-refractivity contribution < 1.29 is 63.5 Å². The third kappa shape index (κ3) is 11.9. The van der Waals surface area contributed by atoms with Crippen LogP contribution in [0.3, 0.4) is 0 Å². The lowest BCUT2D eigenvalue weighted by atomic mass is 9.73. The molecule has 3 saturated heterocycles. The van der Waals surface area contributed by atoms with E-state index in [1.54, 1.807) is 34.6 Å². The van der Waals surface area contributed by atoms with Gasteiger partial charge in [-0.2, -0.15) is 0 Å². The number of carbonyl (C=O) groups is 1. The van der Waals surface area contributed by atoms with Gasteiger partial charge in [-0.15, -0.1) is 0 Å². The van der Waals surface area contributed by atoms with Gasteiger partial charge in [0, 0.05) is 37.1 Å². The molecule has 2 unspecified atom stereocenters.